The van der Waals surface area contributed by atoms with Crippen LogP contribution in [0.5, 0.6) is 0 Å². The Balaban J connectivity index is 1.70. The van der Waals surface area contributed by atoms with Gasteiger partial charge in [0.05, 0.1) is 18.4 Å². The van der Waals surface area contributed by atoms with Crippen LogP contribution >= 0.6 is 0 Å². The molecule has 1 aliphatic carbocycles. The number of nitrogen functional groups attached to an aromatic ring is 2. The lowest BCUT2D eigenvalue weighted by molar-refractivity contribution is 0.0441. The average molecular weight is 420 g/mol. The SMILES string of the molecule is N#CNC1=NC(c2ccc(COC3CCCC3)c(F)c2)c2c(nc(N)c(C#N)c2N)N1. The molecule has 31 heavy (non-hydrogen) atoms. The van der Waals surface area contributed by atoms with Crippen LogP contribution in [-0.2, 0) is 11.3 Å². The lowest BCUT2D eigenvalue weighted by Crippen LogP contribution is -2.32. The summed E-state index contributed by atoms with van der Waals surface area (Å²) in [7, 11) is 0. The van der Waals surface area contributed by atoms with E-state index < -0.39 is 11.9 Å². The molecule has 2 aromatic rings. The maximum Gasteiger partial charge on any atom is 0.211 e. The van der Waals surface area contributed by atoms with Gasteiger partial charge in [0.2, 0.25) is 5.96 Å². The van der Waals surface area contributed by atoms with Crippen molar-refractivity contribution < 1.29 is 9.13 Å². The van der Waals surface area contributed by atoms with Crippen molar-refractivity contribution in [2.45, 2.75) is 44.4 Å². The van der Waals surface area contributed by atoms with E-state index in [0.717, 1.165) is 25.7 Å². The number of ether oxygens (including phenoxy) is 1. The molecule has 4 rings (SSSR count). The number of nitrogens with one attached hydrogen (secondary N) is 2. The summed E-state index contributed by atoms with van der Waals surface area (Å²) in [6.07, 6.45) is 6.25. The number of hydrogen-bond acceptors (Lipinski definition) is 9. The smallest absolute Gasteiger partial charge is 0.211 e. The van der Waals surface area contributed by atoms with Crippen molar-refractivity contribution in [2.24, 2.45) is 4.99 Å². The zero-order chi connectivity index (χ0) is 22.0. The maximum absolute atomic E-state index is 14.9. The van der Waals surface area contributed by atoms with Gasteiger partial charge in [-0.1, -0.05) is 25.0 Å². The van der Waals surface area contributed by atoms with Gasteiger partial charge in [-0.05, 0) is 24.5 Å². The summed E-state index contributed by atoms with van der Waals surface area (Å²) in [5.74, 6) is -0.109. The summed E-state index contributed by atoms with van der Waals surface area (Å²) < 4.78 is 20.7. The molecule has 1 aromatic heterocycles. The molecule has 0 spiro atoms. The minimum atomic E-state index is -0.786. The molecule has 0 bridgehead atoms. The first-order valence-corrected chi connectivity index (χ1v) is 9.90. The number of fused-ring (bicyclic) bond motifs is 1. The van der Waals surface area contributed by atoms with Crippen molar-refractivity contribution in [3.63, 3.8) is 0 Å². The molecule has 2 heterocycles. The van der Waals surface area contributed by atoms with E-state index in [2.05, 4.69) is 20.6 Å². The van der Waals surface area contributed by atoms with Crippen LogP contribution in [0.25, 0.3) is 0 Å². The van der Waals surface area contributed by atoms with Gasteiger partial charge in [0.15, 0.2) is 6.19 Å². The number of rotatable bonds is 4. The lowest BCUT2D eigenvalue weighted by Gasteiger charge is -2.26. The van der Waals surface area contributed by atoms with E-state index in [4.69, 9.17) is 21.5 Å². The fourth-order valence-electron chi connectivity index (χ4n) is 3.94. The van der Waals surface area contributed by atoms with Crippen LogP contribution < -0.4 is 22.1 Å². The standard InChI is InChI=1S/C21H21FN8O/c22-15-7-11(5-6-12(15)9-31-13-3-1-2-4-13)18-16-17(25)14(8-23)19(26)29-20(16)30-21(28-18)27-10-24/h5-7,13,18H,1-4,9H2,(H6,25,26,27,28,29,30). The van der Waals surface area contributed by atoms with E-state index in [9.17, 15) is 9.65 Å². The second-order valence-corrected chi connectivity index (χ2v) is 7.47. The van der Waals surface area contributed by atoms with E-state index in [1.54, 1.807) is 18.3 Å². The number of halogens is 1. The quantitative estimate of drug-likeness (QED) is 0.434. The number of hydrogen-bond donors (Lipinski definition) is 4. The second kappa shape index (κ2) is 8.46. The number of benzene rings is 1. The lowest BCUT2D eigenvalue weighted by atomic mass is 9.94. The van der Waals surface area contributed by atoms with E-state index >= 15 is 0 Å². The number of aliphatic imine (C=N–C) groups is 1. The van der Waals surface area contributed by atoms with Crippen molar-refractivity contribution in [2.75, 3.05) is 16.8 Å². The van der Waals surface area contributed by atoms with Gasteiger partial charge in [-0.2, -0.15) is 10.5 Å². The Labute approximate surface area is 178 Å². The number of pyridine rings is 1. The molecule has 1 unspecified atom stereocenters. The topological polar surface area (TPSA) is 158 Å². The van der Waals surface area contributed by atoms with E-state index in [-0.39, 0.29) is 41.6 Å². The summed E-state index contributed by atoms with van der Waals surface area (Å²) in [5.41, 5.74) is 13.5. The number of nitrogens with zero attached hydrogens (tertiary/aromatic N) is 4. The van der Waals surface area contributed by atoms with E-state index in [1.165, 1.54) is 6.07 Å². The molecule has 158 valence electrons. The third kappa shape index (κ3) is 3.93. The number of anilines is 3. The Morgan fingerprint density at radius 1 is 1.26 bits per heavy atom. The van der Waals surface area contributed by atoms with E-state index in [1.807, 2.05) is 6.07 Å². The van der Waals surface area contributed by atoms with Crippen molar-refractivity contribution >= 4 is 23.3 Å². The summed E-state index contributed by atoms with van der Waals surface area (Å²) >= 11 is 0. The molecule has 9 nitrogen and oxygen atoms in total. The molecule has 1 atom stereocenters. The normalized spacial score (nSPS) is 17.8. The zero-order valence-corrected chi connectivity index (χ0v) is 16.7. The van der Waals surface area contributed by atoms with Crippen LogP contribution in [-0.4, -0.2) is 17.0 Å². The average Bonchev–Trinajstić information content (AvgIpc) is 3.26. The third-order valence-corrected chi connectivity index (χ3v) is 5.53. The first-order chi connectivity index (χ1) is 15.0. The Morgan fingerprint density at radius 3 is 2.71 bits per heavy atom. The van der Waals surface area contributed by atoms with Gasteiger partial charge in [-0.3, -0.25) is 5.32 Å². The van der Waals surface area contributed by atoms with Crippen LogP contribution in [0.1, 0.15) is 54.0 Å². The molecule has 6 N–H and O–H groups in total. The van der Waals surface area contributed by atoms with Crippen LogP contribution in [0.3, 0.4) is 0 Å². The number of nitrogens with two attached hydrogens (primary N) is 2. The molecule has 0 amide bonds. The van der Waals surface area contributed by atoms with Crippen molar-refractivity contribution in [1.82, 2.24) is 10.3 Å². The molecule has 2 aliphatic rings. The summed E-state index contributed by atoms with van der Waals surface area (Å²) in [5, 5.41) is 23.6. The predicted molar refractivity (Wildman–Crippen MR) is 113 cm³/mol. The minimum Gasteiger partial charge on any atom is -0.397 e. The van der Waals surface area contributed by atoms with Crippen molar-refractivity contribution in [3.05, 3.63) is 46.3 Å². The maximum atomic E-state index is 14.9. The highest BCUT2D eigenvalue weighted by Crippen LogP contribution is 2.40. The zero-order valence-electron chi connectivity index (χ0n) is 16.7. The minimum absolute atomic E-state index is 0.0273. The highest BCUT2D eigenvalue weighted by Gasteiger charge is 2.30. The molecular weight excluding hydrogens is 399 g/mol. The van der Waals surface area contributed by atoms with Gasteiger partial charge in [0.1, 0.15) is 35.1 Å². The van der Waals surface area contributed by atoms with Gasteiger partial charge in [-0.25, -0.2) is 14.4 Å². The fraction of sp³-hybridized carbons (Fsp3) is 0.333. The molecule has 10 heteroatoms. The summed E-state index contributed by atoms with van der Waals surface area (Å²) in [4.78, 5) is 8.62. The number of aromatic nitrogens is 1. The highest BCUT2D eigenvalue weighted by atomic mass is 19.1. The van der Waals surface area contributed by atoms with Crippen LogP contribution in [0.4, 0.5) is 21.7 Å². The second-order valence-electron chi connectivity index (χ2n) is 7.47. The van der Waals surface area contributed by atoms with Gasteiger partial charge >= 0.3 is 0 Å². The molecule has 1 aliphatic heterocycles. The Kier molecular flexibility index (Phi) is 5.56. The highest BCUT2D eigenvalue weighted by molar-refractivity contribution is 5.98. The number of nitriles is 2. The van der Waals surface area contributed by atoms with E-state index in [0.29, 0.717) is 16.7 Å². The van der Waals surface area contributed by atoms with Crippen LogP contribution in [0.15, 0.2) is 23.2 Å². The Bertz CT molecular complexity index is 1130. The molecule has 1 fully saturated rings. The van der Waals surface area contributed by atoms with Gasteiger partial charge in [-0.15, -0.1) is 0 Å². The van der Waals surface area contributed by atoms with Gasteiger partial charge < -0.3 is 21.5 Å². The Morgan fingerprint density at radius 2 is 2.03 bits per heavy atom. The first kappa shape index (κ1) is 20.4. The molecule has 0 radical (unpaired) electrons. The van der Waals surface area contributed by atoms with Gasteiger partial charge in [0, 0.05) is 11.1 Å². The summed E-state index contributed by atoms with van der Waals surface area (Å²) in [6.45, 7) is 0.197. The monoisotopic (exact) mass is 420 g/mol. The van der Waals surface area contributed by atoms with Crippen LogP contribution in [0.2, 0.25) is 0 Å². The number of guanidine groups is 1. The summed E-state index contributed by atoms with van der Waals surface area (Å²) in [6, 6.07) is 5.90. The van der Waals surface area contributed by atoms with Gasteiger partial charge in [0.25, 0.3) is 0 Å². The van der Waals surface area contributed by atoms with Crippen molar-refractivity contribution in [3.8, 4) is 12.3 Å². The van der Waals surface area contributed by atoms with Crippen LogP contribution in [0, 0.1) is 28.6 Å². The third-order valence-electron chi connectivity index (χ3n) is 5.53. The molecule has 0 saturated heterocycles. The molecule has 1 saturated carbocycles. The molecule has 1 aromatic carbocycles. The fourth-order valence-corrected chi connectivity index (χ4v) is 3.94. The van der Waals surface area contributed by atoms with Crippen molar-refractivity contribution in [1.29, 1.82) is 10.5 Å². The predicted octanol–water partition coefficient (Wildman–Crippen LogP) is 2.66. The molecular formula is C21H21FN8O. The first-order valence-electron chi connectivity index (χ1n) is 9.90. The Hall–Kier alpha value is -3.89. The largest absolute Gasteiger partial charge is 0.397 e.